The van der Waals surface area contributed by atoms with E-state index in [4.69, 9.17) is 0 Å². The molecular formula is C20H21N. The molecule has 1 aromatic carbocycles. The fourth-order valence-electron chi connectivity index (χ4n) is 2.96. The zero-order valence-electron chi connectivity index (χ0n) is 12.5. The van der Waals surface area contributed by atoms with Crippen molar-refractivity contribution >= 4 is 23.9 Å². The van der Waals surface area contributed by atoms with Crippen molar-refractivity contribution in [3.05, 3.63) is 71.4 Å². The maximum absolute atomic E-state index is 3.91. The van der Waals surface area contributed by atoms with Gasteiger partial charge in [-0.3, -0.25) is 0 Å². The highest BCUT2D eigenvalue weighted by atomic mass is 14.9. The Hall–Kier alpha value is -2.28. The molecule has 1 aromatic rings. The van der Waals surface area contributed by atoms with Crippen molar-refractivity contribution in [3.63, 3.8) is 0 Å². The molecule has 0 saturated heterocycles. The minimum Gasteiger partial charge on any atom is -0.374 e. The zero-order chi connectivity index (χ0) is 14.7. The molecule has 2 aliphatic rings. The van der Waals surface area contributed by atoms with Crippen LogP contribution in [0.4, 0.5) is 5.69 Å². The molecule has 1 N–H and O–H groups in total. The van der Waals surface area contributed by atoms with Gasteiger partial charge in [-0.2, -0.15) is 0 Å². The van der Waals surface area contributed by atoms with Gasteiger partial charge in [-0.05, 0) is 42.5 Å². The molecular weight excluding hydrogens is 254 g/mol. The van der Waals surface area contributed by atoms with Gasteiger partial charge in [-0.15, -0.1) is 0 Å². The van der Waals surface area contributed by atoms with E-state index in [1.807, 2.05) is 13.0 Å². The second-order valence-electron chi connectivity index (χ2n) is 5.40. The second-order valence-corrected chi connectivity index (χ2v) is 5.40. The molecule has 0 fully saturated rings. The fraction of sp³-hybridized carbons (Fsp3) is 0.200. The summed E-state index contributed by atoms with van der Waals surface area (Å²) in [6, 6.07) is 4.57. The first-order valence-electron chi connectivity index (χ1n) is 7.57. The molecule has 0 saturated carbocycles. The molecule has 106 valence electrons. The first kappa shape index (κ1) is 13.7. The Morgan fingerprint density at radius 2 is 2.14 bits per heavy atom. The molecule has 1 atom stereocenters. The number of allylic oxidation sites excluding steroid dienone is 3. The monoisotopic (exact) mass is 275 g/mol. The predicted molar refractivity (Wildman–Crippen MR) is 94.1 cm³/mol. The molecule has 0 bridgehead atoms. The molecule has 1 aliphatic carbocycles. The minimum atomic E-state index is 0.280. The molecule has 1 nitrogen and oxygen atoms in total. The lowest BCUT2D eigenvalue weighted by Gasteiger charge is -2.26. The van der Waals surface area contributed by atoms with Crippen molar-refractivity contribution < 1.29 is 0 Å². The van der Waals surface area contributed by atoms with E-state index in [0.29, 0.717) is 0 Å². The molecule has 0 amide bonds. The van der Waals surface area contributed by atoms with Crippen LogP contribution in [0.15, 0.2) is 54.7 Å². The lowest BCUT2D eigenvalue weighted by Crippen LogP contribution is -2.22. The van der Waals surface area contributed by atoms with Crippen LogP contribution in [-0.2, 0) is 0 Å². The van der Waals surface area contributed by atoms with E-state index in [9.17, 15) is 0 Å². The smallest absolute Gasteiger partial charge is 0.0698 e. The number of nitrogens with one attached hydrogen (secondary N) is 1. The predicted octanol–water partition coefficient (Wildman–Crippen LogP) is 5.45. The highest BCUT2D eigenvalue weighted by molar-refractivity contribution is 5.83. The molecule has 3 rings (SSSR count). The summed E-state index contributed by atoms with van der Waals surface area (Å²) in [7, 11) is 0. The van der Waals surface area contributed by atoms with Crippen molar-refractivity contribution in [2.45, 2.75) is 25.8 Å². The van der Waals surface area contributed by atoms with Crippen LogP contribution in [0.25, 0.3) is 18.2 Å². The van der Waals surface area contributed by atoms with Gasteiger partial charge in [0, 0.05) is 11.3 Å². The van der Waals surface area contributed by atoms with E-state index in [2.05, 4.69) is 66.6 Å². The largest absolute Gasteiger partial charge is 0.374 e. The van der Waals surface area contributed by atoms with Gasteiger partial charge in [0.25, 0.3) is 0 Å². The number of anilines is 1. The SMILES string of the molecule is C=Cc1ccc2c(c1/C=C\C)C=CC(C1=CCCC=C1)N2. The Morgan fingerprint density at radius 3 is 2.86 bits per heavy atom. The Labute approximate surface area is 127 Å². The topological polar surface area (TPSA) is 12.0 Å². The van der Waals surface area contributed by atoms with Crippen LogP contribution in [0.2, 0.25) is 0 Å². The first-order valence-corrected chi connectivity index (χ1v) is 7.57. The maximum Gasteiger partial charge on any atom is 0.0698 e. The molecule has 1 unspecified atom stereocenters. The van der Waals surface area contributed by atoms with Crippen LogP contribution >= 0.6 is 0 Å². The third-order valence-corrected chi connectivity index (χ3v) is 4.02. The number of rotatable bonds is 3. The number of benzene rings is 1. The van der Waals surface area contributed by atoms with Crippen LogP contribution in [0.3, 0.4) is 0 Å². The van der Waals surface area contributed by atoms with Crippen molar-refractivity contribution in [1.82, 2.24) is 0 Å². The van der Waals surface area contributed by atoms with Gasteiger partial charge >= 0.3 is 0 Å². The van der Waals surface area contributed by atoms with Crippen LogP contribution in [0.5, 0.6) is 0 Å². The van der Waals surface area contributed by atoms with E-state index in [-0.39, 0.29) is 6.04 Å². The zero-order valence-corrected chi connectivity index (χ0v) is 12.5. The van der Waals surface area contributed by atoms with Gasteiger partial charge in [-0.25, -0.2) is 0 Å². The summed E-state index contributed by atoms with van der Waals surface area (Å²) in [5.41, 5.74) is 6.22. The van der Waals surface area contributed by atoms with E-state index < -0.39 is 0 Å². The average molecular weight is 275 g/mol. The fourth-order valence-corrected chi connectivity index (χ4v) is 2.96. The van der Waals surface area contributed by atoms with Gasteiger partial charge in [-0.1, -0.05) is 61.3 Å². The Morgan fingerprint density at radius 1 is 1.24 bits per heavy atom. The second kappa shape index (κ2) is 6.01. The van der Waals surface area contributed by atoms with Crippen LogP contribution in [-0.4, -0.2) is 6.04 Å². The van der Waals surface area contributed by atoms with Crippen molar-refractivity contribution in [3.8, 4) is 0 Å². The van der Waals surface area contributed by atoms with Gasteiger partial charge in [0.05, 0.1) is 6.04 Å². The van der Waals surface area contributed by atoms with Crippen LogP contribution < -0.4 is 5.32 Å². The summed E-state index contributed by atoms with van der Waals surface area (Å²) in [5.74, 6) is 0. The summed E-state index contributed by atoms with van der Waals surface area (Å²) in [5, 5.41) is 3.64. The van der Waals surface area contributed by atoms with E-state index in [1.54, 1.807) is 0 Å². The summed E-state index contributed by atoms with van der Waals surface area (Å²) < 4.78 is 0. The number of hydrogen-bond donors (Lipinski definition) is 1. The quantitative estimate of drug-likeness (QED) is 0.773. The standard InChI is InChI=1S/C20H21N/c1-3-8-17-15(4-2)11-13-20-18(17)12-14-19(21-20)16-9-6-5-7-10-16/h3-4,6,8-14,19,21H,2,5,7H2,1H3/b8-3-. The Kier molecular flexibility index (Phi) is 3.92. The normalized spacial score (nSPS) is 20.0. The van der Waals surface area contributed by atoms with E-state index >= 15 is 0 Å². The summed E-state index contributed by atoms with van der Waals surface area (Å²) in [6.45, 7) is 5.96. The first-order chi connectivity index (χ1) is 10.3. The number of hydrogen-bond acceptors (Lipinski definition) is 1. The average Bonchev–Trinajstić information content (AvgIpc) is 2.55. The highest BCUT2D eigenvalue weighted by Gasteiger charge is 2.18. The van der Waals surface area contributed by atoms with E-state index in [0.717, 1.165) is 12.8 Å². The molecule has 0 radical (unpaired) electrons. The van der Waals surface area contributed by atoms with Crippen LogP contribution in [0.1, 0.15) is 36.5 Å². The molecule has 1 heterocycles. The minimum absolute atomic E-state index is 0.280. The van der Waals surface area contributed by atoms with Crippen molar-refractivity contribution in [1.29, 1.82) is 0 Å². The van der Waals surface area contributed by atoms with Gasteiger partial charge < -0.3 is 5.32 Å². The van der Waals surface area contributed by atoms with Crippen molar-refractivity contribution in [2.24, 2.45) is 0 Å². The summed E-state index contributed by atoms with van der Waals surface area (Å²) in [6.07, 6.45) is 19.8. The van der Waals surface area contributed by atoms with Gasteiger partial charge in [0.1, 0.15) is 0 Å². The molecule has 0 aromatic heterocycles. The lowest BCUT2D eigenvalue weighted by atomic mass is 9.92. The molecule has 21 heavy (non-hydrogen) atoms. The molecule has 1 heteroatoms. The maximum atomic E-state index is 3.91. The molecule has 1 aliphatic heterocycles. The van der Waals surface area contributed by atoms with Gasteiger partial charge in [0.15, 0.2) is 0 Å². The third kappa shape index (κ3) is 2.64. The summed E-state index contributed by atoms with van der Waals surface area (Å²) in [4.78, 5) is 0. The van der Waals surface area contributed by atoms with E-state index in [1.165, 1.54) is 28.0 Å². The highest BCUT2D eigenvalue weighted by Crippen LogP contribution is 2.32. The third-order valence-electron chi connectivity index (χ3n) is 4.02. The number of fused-ring (bicyclic) bond motifs is 1. The summed E-state index contributed by atoms with van der Waals surface area (Å²) >= 11 is 0. The Balaban J connectivity index is 1.99. The van der Waals surface area contributed by atoms with Crippen molar-refractivity contribution in [2.75, 3.05) is 5.32 Å². The van der Waals surface area contributed by atoms with Crippen LogP contribution in [0, 0.1) is 0 Å². The Bertz CT molecular complexity index is 671. The van der Waals surface area contributed by atoms with Gasteiger partial charge in [0.2, 0.25) is 0 Å². The molecule has 0 spiro atoms. The lowest BCUT2D eigenvalue weighted by molar-refractivity contribution is 0.957.